The molecule has 0 atom stereocenters. The lowest BCUT2D eigenvalue weighted by Crippen LogP contribution is -2.19. The smallest absolute Gasteiger partial charge is 0.264 e. The van der Waals surface area contributed by atoms with Crippen molar-refractivity contribution >= 4 is 69.4 Å². The van der Waals surface area contributed by atoms with Crippen LogP contribution in [0.1, 0.15) is 11.1 Å². The van der Waals surface area contributed by atoms with Crippen molar-refractivity contribution in [1.82, 2.24) is 5.32 Å². The average Bonchev–Trinajstić information content (AvgIpc) is 3.13. The molecular formula is C24H17Cl3N2O3S. The first-order valence-corrected chi connectivity index (χ1v) is 11.7. The van der Waals surface area contributed by atoms with Crippen molar-refractivity contribution < 1.29 is 14.3 Å². The van der Waals surface area contributed by atoms with Gasteiger partial charge < -0.3 is 14.8 Å². The van der Waals surface area contributed by atoms with Gasteiger partial charge in [-0.25, -0.2) is 4.99 Å². The summed E-state index contributed by atoms with van der Waals surface area (Å²) in [5.74, 6) is 0.637. The van der Waals surface area contributed by atoms with Gasteiger partial charge in [0, 0.05) is 10.0 Å². The molecule has 0 spiro atoms. The SMILES string of the molecule is COc1cc(/C=C2\SC(=Nc3ccc(Cl)cc3)NC2=O)cc(Cl)c1OCc1ccc(Cl)cc1. The van der Waals surface area contributed by atoms with E-state index >= 15 is 0 Å². The lowest BCUT2D eigenvalue weighted by Gasteiger charge is -2.13. The molecule has 9 heteroatoms. The minimum Gasteiger partial charge on any atom is -0.493 e. The van der Waals surface area contributed by atoms with Crippen molar-refractivity contribution in [3.63, 3.8) is 0 Å². The Labute approximate surface area is 210 Å². The van der Waals surface area contributed by atoms with Crippen molar-refractivity contribution in [2.24, 2.45) is 4.99 Å². The molecule has 1 amide bonds. The standard InChI is InChI=1S/C24H17Cl3N2O3S/c1-31-20-11-15(10-19(27)22(20)32-13-14-2-4-16(25)5-3-14)12-21-23(30)29-24(33-21)28-18-8-6-17(26)7-9-18/h2-12H,13H2,1H3,(H,28,29,30)/b21-12-. The third kappa shape index (κ3) is 6.03. The van der Waals surface area contributed by atoms with Crippen LogP contribution in [0.15, 0.2) is 70.6 Å². The van der Waals surface area contributed by atoms with Gasteiger partial charge in [-0.05, 0) is 77.5 Å². The van der Waals surface area contributed by atoms with E-state index in [0.29, 0.717) is 54.5 Å². The highest BCUT2D eigenvalue weighted by Gasteiger charge is 2.24. The zero-order chi connectivity index (χ0) is 23.4. The Morgan fingerprint density at radius 2 is 1.67 bits per heavy atom. The molecule has 1 aliphatic heterocycles. The number of nitrogens with zero attached hydrogens (tertiary/aromatic N) is 1. The Morgan fingerprint density at radius 1 is 1.00 bits per heavy atom. The fourth-order valence-electron chi connectivity index (χ4n) is 2.96. The largest absolute Gasteiger partial charge is 0.493 e. The van der Waals surface area contributed by atoms with Crippen LogP contribution in [0, 0.1) is 0 Å². The summed E-state index contributed by atoms with van der Waals surface area (Å²) in [6.07, 6.45) is 1.72. The first-order valence-electron chi connectivity index (χ1n) is 9.71. The van der Waals surface area contributed by atoms with Gasteiger partial charge in [0.2, 0.25) is 0 Å². The molecule has 0 aliphatic carbocycles. The summed E-state index contributed by atoms with van der Waals surface area (Å²) in [7, 11) is 1.53. The van der Waals surface area contributed by atoms with Gasteiger partial charge in [0.25, 0.3) is 5.91 Å². The molecule has 33 heavy (non-hydrogen) atoms. The molecule has 1 N–H and O–H groups in total. The average molecular weight is 520 g/mol. The summed E-state index contributed by atoms with van der Waals surface area (Å²) in [5, 5.41) is 4.88. The van der Waals surface area contributed by atoms with Crippen LogP contribution in [0.4, 0.5) is 5.69 Å². The number of nitrogens with one attached hydrogen (secondary N) is 1. The molecule has 1 heterocycles. The third-order valence-corrected chi connectivity index (χ3v) is 6.25. The fourth-order valence-corrected chi connectivity index (χ4v) is 4.33. The topological polar surface area (TPSA) is 59.9 Å². The second-order valence-corrected chi connectivity index (χ2v) is 9.22. The number of carbonyl (C=O) groups is 1. The zero-order valence-corrected chi connectivity index (χ0v) is 20.4. The van der Waals surface area contributed by atoms with E-state index in [1.54, 1.807) is 54.6 Å². The van der Waals surface area contributed by atoms with Crippen LogP contribution in [-0.2, 0) is 11.4 Å². The molecule has 0 saturated carbocycles. The van der Waals surface area contributed by atoms with E-state index in [2.05, 4.69) is 10.3 Å². The van der Waals surface area contributed by atoms with Crippen molar-refractivity contribution in [2.75, 3.05) is 7.11 Å². The summed E-state index contributed by atoms with van der Waals surface area (Å²) in [4.78, 5) is 17.3. The second-order valence-electron chi connectivity index (χ2n) is 6.91. The van der Waals surface area contributed by atoms with Gasteiger partial charge in [0.1, 0.15) is 6.61 Å². The molecule has 4 rings (SSSR count). The first kappa shape index (κ1) is 23.5. The van der Waals surface area contributed by atoms with E-state index in [1.807, 2.05) is 12.1 Å². The van der Waals surface area contributed by atoms with Gasteiger partial charge in [-0.1, -0.05) is 46.9 Å². The maximum atomic E-state index is 12.4. The number of benzene rings is 3. The van der Waals surface area contributed by atoms with Crippen LogP contribution in [-0.4, -0.2) is 18.2 Å². The summed E-state index contributed by atoms with van der Waals surface area (Å²) < 4.78 is 11.4. The monoisotopic (exact) mass is 518 g/mol. The quantitative estimate of drug-likeness (QED) is 0.352. The number of carbonyl (C=O) groups excluding carboxylic acids is 1. The van der Waals surface area contributed by atoms with Crippen LogP contribution in [0.25, 0.3) is 6.08 Å². The molecule has 1 saturated heterocycles. The third-order valence-electron chi connectivity index (χ3n) is 4.55. The number of thioether (sulfide) groups is 1. The summed E-state index contributed by atoms with van der Waals surface area (Å²) in [5.41, 5.74) is 2.33. The van der Waals surface area contributed by atoms with E-state index in [4.69, 9.17) is 44.3 Å². The second kappa shape index (κ2) is 10.5. The minimum atomic E-state index is -0.245. The maximum Gasteiger partial charge on any atom is 0.264 e. The predicted molar refractivity (Wildman–Crippen MR) is 136 cm³/mol. The molecule has 1 aliphatic rings. The van der Waals surface area contributed by atoms with Crippen molar-refractivity contribution in [3.8, 4) is 11.5 Å². The van der Waals surface area contributed by atoms with E-state index in [1.165, 1.54) is 18.9 Å². The summed E-state index contributed by atoms with van der Waals surface area (Å²) in [6.45, 7) is 0.302. The lowest BCUT2D eigenvalue weighted by molar-refractivity contribution is -0.115. The Hall–Kier alpha value is -2.64. The predicted octanol–water partition coefficient (Wildman–Crippen LogP) is 7.13. The van der Waals surface area contributed by atoms with Gasteiger partial charge in [-0.3, -0.25) is 4.79 Å². The highest BCUT2D eigenvalue weighted by molar-refractivity contribution is 8.18. The number of hydrogen-bond acceptors (Lipinski definition) is 5. The van der Waals surface area contributed by atoms with E-state index in [0.717, 1.165) is 5.56 Å². The Bertz CT molecular complexity index is 1240. The Kier molecular flexibility index (Phi) is 7.50. The van der Waals surface area contributed by atoms with Crippen molar-refractivity contribution in [2.45, 2.75) is 6.61 Å². The van der Waals surface area contributed by atoms with E-state index < -0.39 is 0 Å². The van der Waals surface area contributed by atoms with Crippen molar-refractivity contribution in [1.29, 1.82) is 0 Å². The molecule has 3 aromatic rings. The number of aliphatic imine (C=N–C) groups is 1. The number of hydrogen-bond donors (Lipinski definition) is 1. The molecular weight excluding hydrogens is 503 g/mol. The molecule has 0 radical (unpaired) electrons. The lowest BCUT2D eigenvalue weighted by atomic mass is 10.1. The number of halogens is 3. The van der Waals surface area contributed by atoms with Gasteiger partial charge in [0.15, 0.2) is 16.7 Å². The first-order chi connectivity index (χ1) is 15.9. The van der Waals surface area contributed by atoms with E-state index in [-0.39, 0.29) is 5.91 Å². The number of ether oxygens (including phenoxy) is 2. The molecule has 1 fully saturated rings. The highest BCUT2D eigenvalue weighted by Crippen LogP contribution is 2.38. The van der Waals surface area contributed by atoms with Gasteiger partial charge in [-0.15, -0.1) is 0 Å². The Morgan fingerprint density at radius 3 is 2.33 bits per heavy atom. The van der Waals surface area contributed by atoms with E-state index in [9.17, 15) is 4.79 Å². The molecule has 0 aromatic heterocycles. The van der Waals surface area contributed by atoms with Gasteiger partial charge in [-0.2, -0.15) is 0 Å². The molecule has 3 aromatic carbocycles. The number of methoxy groups -OCH3 is 1. The van der Waals surface area contributed by atoms with Crippen LogP contribution in [0.2, 0.25) is 15.1 Å². The normalized spacial score (nSPS) is 15.7. The number of rotatable bonds is 6. The number of amides is 1. The van der Waals surface area contributed by atoms with Crippen LogP contribution < -0.4 is 14.8 Å². The zero-order valence-electron chi connectivity index (χ0n) is 17.3. The summed E-state index contributed by atoms with van der Waals surface area (Å²) in [6, 6.07) is 17.9. The highest BCUT2D eigenvalue weighted by atomic mass is 35.5. The fraction of sp³-hybridized carbons (Fsp3) is 0.0833. The molecule has 0 bridgehead atoms. The van der Waals surface area contributed by atoms with Crippen LogP contribution in [0.5, 0.6) is 11.5 Å². The number of amidine groups is 1. The van der Waals surface area contributed by atoms with Crippen molar-refractivity contribution in [3.05, 3.63) is 91.8 Å². The molecule has 5 nitrogen and oxygen atoms in total. The minimum absolute atomic E-state index is 0.245. The molecule has 0 unspecified atom stereocenters. The maximum absolute atomic E-state index is 12.4. The van der Waals surface area contributed by atoms with Crippen LogP contribution >= 0.6 is 46.6 Å². The van der Waals surface area contributed by atoms with Gasteiger partial charge >= 0.3 is 0 Å². The summed E-state index contributed by atoms with van der Waals surface area (Å²) >= 11 is 19.5. The van der Waals surface area contributed by atoms with Gasteiger partial charge in [0.05, 0.1) is 22.7 Å². The Balaban J connectivity index is 1.52. The van der Waals surface area contributed by atoms with Crippen LogP contribution in [0.3, 0.4) is 0 Å². The molecule has 168 valence electrons.